The standard InChI is InChI=1S/C27H26FN5O3/c28-21-13-7-8-14-22(21)30-23(34)15-16-32(17-19-9-3-1-4-10-19)24-25(29)33(27(36)31-26(24)35)18-20-11-5-2-6-12-20/h1-14H,15-18,29H2,(H,30,34)(H,31,35,36). The van der Waals surface area contributed by atoms with Crippen molar-refractivity contribution in [1.29, 1.82) is 0 Å². The van der Waals surface area contributed by atoms with Gasteiger partial charge in [-0.15, -0.1) is 0 Å². The second-order valence-corrected chi connectivity index (χ2v) is 8.25. The third-order valence-corrected chi connectivity index (χ3v) is 5.69. The number of para-hydroxylation sites is 1. The van der Waals surface area contributed by atoms with Gasteiger partial charge in [0, 0.05) is 19.5 Å². The van der Waals surface area contributed by atoms with Crippen LogP contribution in [-0.4, -0.2) is 22.0 Å². The molecule has 4 rings (SSSR count). The fourth-order valence-electron chi connectivity index (χ4n) is 3.89. The van der Waals surface area contributed by atoms with Crippen molar-refractivity contribution in [1.82, 2.24) is 9.55 Å². The Hall–Kier alpha value is -4.66. The van der Waals surface area contributed by atoms with Crippen molar-refractivity contribution in [3.63, 3.8) is 0 Å². The topological polar surface area (TPSA) is 113 Å². The fraction of sp³-hybridized carbons (Fsp3) is 0.148. The van der Waals surface area contributed by atoms with E-state index < -0.39 is 23.0 Å². The number of benzene rings is 3. The van der Waals surface area contributed by atoms with Gasteiger partial charge in [0.15, 0.2) is 0 Å². The van der Waals surface area contributed by atoms with Crippen molar-refractivity contribution in [2.75, 3.05) is 22.5 Å². The summed E-state index contributed by atoms with van der Waals surface area (Å²) < 4.78 is 15.2. The molecule has 3 aromatic carbocycles. The molecule has 0 bridgehead atoms. The maximum atomic E-state index is 13.9. The second kappa shape index (κ2) is 11.2. The molecule has 0 aliphatic carbocycles. The van der Waals surface area contributed by atoms with Crippen molar-refractivity contribution in [2.24, 2.45) is 0 Å². The summed E-state index contributed by atoms with van der Waals surface area (Å²) in [6.07, 6.45) is -0.0438. The highest BCUT2D eigenvalue weighted by molar-refractivity contribution is 5.91. The zero-order chi connectivity index (χ0) is 25.5. The van der Waals surface area contributed by atoms with Gasteiger partial charge in [-0.2, -0.15) is 0 Å². The van der Waals surface area contributed by atoms with E-state index in [0.29, 0.717) is 0 Å². The molecule has 4 aromatic rings. The molecule has 0 atom stereocenters. The fourth-order valence-corrected chi connectivity index (χ4v) is 3.89. The van der Waals surface area contributed by atoms with Crippen molar-refractivity contribution in [2.45, 2.75) is 19.5 Å². The molecule has 8 nitrogen and oxygen atoms in total. The number of amides is 1. The third-order valence-electron chi connectivity index (χ3n) is 5.69. The average molecular weight is 488 g/mol. The molecule has 9 heteroatoms. The minimum atomic E-state index is -0.646. The number of rotatable bonds is 9. The summed E-state index contributed by atoms with van der Waals surface area (Å²) in [5, 5.41) is 2.55. The van der Waals surface area contributed by atoms with Gasteiger partial charge in [-0.1, -0.05) is 72.8 Å². The molecule has 4 N–H and O–H groups in total. The Balaban J connectivity index is 1.64. The highest BCUT2D eigenvalue weighted by Crippen LogP contribution is 2.21. The van der Waals surface area contributed by atoms with E-state index in [1.807, 2.05) is 60.7 Å². The SMILES string of the molecule is Nc1c(N(CCC(=O)Nc2ccccc2F)Cc2ccccc2)c(=O)[nH]c(=O)n1Cc1ccccc1. The largest absolute Gasteiger partial charge is 0.383 e. The van der Waals surface area contributed by atoms with Gasteiger partial charge in [-0.05, 0) is 23.3 Å². The number of carbonyl (C=O) groups is 1. The van der Waals surface area contributed by atoms with Crippen LogP contribution in [0.1, 0.15) is 17.5 Å². The number of halogens is 1. The third kappa shape index (κ3) is 5.87. The Morgan fingerprint density at radius 1 is 0.917 bits per heavy atom. The zero-order valence-electron chi connectivity index (χ0n) is 19.5. The molecule has 1 amide bonds. The zero-order valence-corrected chi connectivity index (χ0v) is 19.5. The summed E-state index contributed by atoms with van der Waals surface area (Å²) in [6, 6.07) is 24.5. The van der Waals surface area contributed by atoms with Crippen LogP contribution in [0.25, 0.3) is 0 Å². The van der Waals surface area contributed by atoms with Gasteiger partial charge >= 0.3 is 5.69 Å². The van der Waals surface area contributed by atoms with Crippen LogP contribution in [0.5, 0.6) is 0 Å². The minimum absolute atomic E-state index is 0.00181. The monoisotopic (exact) mass is 487 g/mol. The van der Waals surface area contributed by atoms with E-state index in [2.05, 4.69) is 10.3 Å². The molecule has 0 saturated heterocycles. The number of anilines is 3. The Bertz CT molecular complexity index is 1450. The first-order valence-electron chi connectivity index (χ1n) is 11.4. The van der Waals surface area contributed by atoms with Crippen LogP contribution in [0, 0.1) is 5.82 Å². The molecule has 0 unspecified atom stereocenters. The molecule has 0 spiro atoms. The number of nitrogens with zero attached hydrogens (tertiary/aromatic N) is 2. The maximum absolute atomic E-state index is 13.9. The Morgan fingerprint density at radius 2 is 1.53 bits per heavy atom. The van der Waals surface area contributed by atoms with Gasteiger partial charge < -0.3 is 16.0 Å². The van der Waals surface area contributed by atoms with E-state index >= 15 is 0 Å². The molecular formula is C27H26FN5O3. The quantitative estimate of drug-likeness (QED) is 0.335. The number of H-pyrrole nitrogens is 1. The van der Waals surface area contributed by atoms with E-state index in [4.69, 9.17) is 5.73 Å². The predicted molar refractivity (Wildman–Crippen MR) is 138 cm³/mol. The summed E-state index contributed by atoms with van der Waals surface area (Å²) in [5.41, 5.74) is 7.00. The highest BCUT2D eigenvalue weighted by Gasteiger charge is 2.20. The first kappa shape index (κ1) is 24.5. The summed E-state index contributed by atoms with van der Waals surface area (Å²) in [6.45, 7) is 0.541. The molecule has 0 aliphatic heterocycles. The predicted octanol–water partition coefficient (Wildman–Crippen LogP) is 3.34. The van der Waals surface area contributed by atoms with Crippen molar-refractivity contribution < 1.29 is 9.18 Å². The molecule has 0 fully saturated rings. The molecule has 184 valence electrons. The number of nitrogen functional groups attached to an aromatic ring is 1. The first-order valence-corrected chi connectivity index (χ1v) is 11.4. The molecular weight excluding hydrogens is 461 g/mol. The Morgan fingerprint density at radius 3 is 2.19 bits per heavy atom. The molecule has 0 saturated carbocycles. The van der Waals surface area contributed by atoms with E-state index in [-0.39, 0.29) is 43.2 Å². The average Bonchev–Trinajstić information content (AvgIpc) is 2.87. The molecule has 0 radical (unpaired) electrons. The minimum Gasteiger partial charge on any atom is -0.383 e. The lowest BCUT2D eigenvalue weighted by molar-refractivity contribution is -0.116. The maximum Gasteiger partial charge on any atom is 0.330 e. The van der Waals surface area contributed by atoms with Gasteiger partial charge in [0.05, 0.1) is 12.2 Å². The van der Waals surface area contributed by atoms with Crippen LogP contribution in [0.15, 0.2) is 94.5 Å². The van der Waals surface area contributed by atoms with Gasteiger partial charge in [0.25, 0.3) is 5.56 Å². The second-order valence-electron chi connectivity index (χ2n) is 8.25. The van der Waals surface area contributed by atoms with Crippen molar-refractivity contribution in [3.8, 4) is 0 Å². The Kier molecular flexibility index (Phi) is 7.60. The van der Waals surface area contributed by atoms with Crippen LogP contribution in [0.2, 0.25) is 0 Å². The lowest BCUT2D eigenvalue weighted by Crippen LogP contribution is -2.39. The number of carbonyl (C=O) groups excluding carboxylic acids is 1. The van der Waals surface area contributed by atoms with Crippen LogP contribution in [0.3, 0.4) is 0 Å². The van der Waals surface area contributed by atoms with E-state index in [1.165, 1.54) is 22.8 Å². The summed E-state index contributed by atoms with van der Waals surface area (Å²) >= 11 is 0. The van der Waals surface area contributed by atoms with Gasteiger partial charge in [-0.3, -0.25) is 19.1 Å². The first-order chi connectivity index (χ1) is 17.4. The molecule has 1 aromatic heterocycles. The Labute approximate surface area is 206 Å². The van der Waals surface area contributed by atoms with Crippen molar-refractivity contribution >= 4 is 23.1 Å². The number of aromatic nitrogens is 2. The lowest BCUT2D eigenvalue weighted by Gasteiger charge is -2.26. The number of hydrogen-bond donors (Lipinski definition) is 3. The van der Waals surface area contributed by atoms with Gasteiger partial charge in [0.2, 0.25) is 5.91 Å². The number of hydrogen-bond acceptors (Lipinski definition) is 5. The number of nitrogens with one attached hydrogen (secondary N) is 2. The number of nitrogens with two attached hydrogens (primary N) is 1. The molecule has 1 heterocycles. The number of aromatic amines is 1. The van der Waals surface area contributed by atoms with Gasteiger partial charge in [-0.25, -0.2) is 9.18 Å². The highest BCUT2D eigenvalue weighted by atomic mass is 19.1. The normalized spacial score (nSPS) is 10.7. The van der Waals surface area contributed by atoms with Crippen molar-refractivity contribution in [3.05, 3.63) is 123 Å². The van der Waals surface area contributed by atoms with Crippen LogP contribution >= 0.6 is 0 Å². The lowest BCUT2D eigenvalue weighted by atomic mass is 10.2. The van der Waals surface area contributed by atoms with E-state index in [0.717, 1.165) is 11.1 Å². The van der Waals surface area contributed by atoms with Crippen LogP contribution in [-0.2, 0) is 17.9 Å². The van der Waals surface area contributed by atoms with Crippen LogP contribution in [0.4, 0.5) is 21.6 Å². The van der Waals surface area contributed by atoms with E-state index in [9.17, 15) is 18.8 Å². The summed E-state index contributed by atoms with van der Waals surface area (Å²) in [4.78, 5) is 42.2. The van der Waals surface area contributed by atoms with Crippen LogP contribution < -0.4 is 27.2 Å². The molecule has 36 heavy (non-hydrogen) atoms. The van der Waals surface area contributed by atoms with Gasteiger partial charge in [0.1, 0.15) is 17.3 Å². The van der Waals surface area contributed by atoms with E-state index in [1.54, 1.807) is 11.0 Å². The summed E-state index contributed by atoms with van der Waals surface area (Å²) in [5.74, 6) is -0.968. The summed E-state index contributed by atoms with van der Waals surface area (Å²) in [7, 11) is 0. The smallest absolute Gasteiger partial charge is 0.330 e. The molecule has 0 aliphatic rings.